The Morgan fingerprint density at radius 1 is 1.44 bits per heavy atom. The van der Waals surface area contributed by atoms with Crippen LogP contribution in [0.3, 0.4) is 0 Å². The molecule has 3 rings (SSSR count). The smallest absolute Gasteiger partial charge is 0.335 e. The SMILES string of the molecule is O=C(O)c1ccc2c(c1)=CCC1CNNC=21. The summed E-state index contributed by atoms with van der Waals surface area (Å²) in [6, 6.07) is 5.28. The molecule has 1 fully saturated rings. The lowest BCUT2D eigenvalue weighted by atomic mass is 9.94. The number of hydrogen-bond donors (Lipinski definition) is 3. The van der Waals surface area contributed by atoms with Gasteiger partial charge in [0, 0.05) is 23.4 Å². The van der Waals surface area contributed by atoms with E-state index < -0.39 is 5.97 Å². The van der Waals surface area contributed by atoms with Gasteiger partial charge in [-0.15, -0.1) is 0 Å². The summed E-state index contributed by atoms with van der Waals surface area (Å²) in [5, 5.41) is 11.1. The second-order valence-electron chi connectivity index (χ2n) is 4.16. The normalized spacial score (nSPS) is 21.8. The van der Waals surface area contributed by atoms with Gasteiger partial charge in [-0.2, -0.15) is 0 Å². The van der Waals surface area contributed by atoms with Gasteiger partial charge in [0.15, 0.2) is 0 Å². The van der Waals surface area contributed by atoms with Crippen molar-refractivity contribution >= 4 is 17.7 Å². The molecule has 1 saturated heterocycles. The molecule has 0 spiro atoms. The predicted octanol–water partition coefficient (Wildman–Crippen LogP) is -0.599. The largest absolute Gasteiger partial charge is 0.478 e. The van der Waals surface area contributed by atoms with Gasteiger partial charge in [-0.1, -0.05) is 12.1 Å². The first-order valence-electron chi connectivity index (χ1n) is 5.32. The molecule has 4 nitrogen and oxygen atoms in total. The van der Waals surface area contributed by atoms with Crippen LogP contribution in [-0.2, 0) is 0 Å². The van der Waals surface area contributed by atoms with Crippen molar-refractivity contribution in [2.45, 2.75) is 6.42 Å². The summed E-state index contributed by atoms with van der Waals surface area (Å²) in [5.74, 6) is -0.371. The molecule has 82 valence electrons. The highest BCUT2D eigenvalue weighted by Gasteiger charge is 2.22. The van der Waals surface area contributed by atoms with Gasteiger partial charge in [-0.05, 0) is 23.8 Å². The van der Waals surface area contributed by atoms with Crippen molar-refractivity contribution in [1.29, 1.82) is 0 Å². The number of carbonyl (C=O) groups is 1. The van der Waals surface area contributed by atoms with Gasteiger partial charge in [-0.25, -0.2) is 10.2 Å². The van der Waals surface area contributed by atoms with E-state index in [1.807, 2.05) is 6.07 Å². The molecule has 1 heterocycles. The molecule has 0 saturated carbocycles. The number of rotatable bonds is 1. The first-order valence-corrected chi connectivity index (χ1v) is 5.32. The van der Waals surface area contributed by atoms with Crippen molar-refractivity contribution in [2.24, 2.45) is 5.92 Å². The van der Waals surface area contributed by atoms with Gasteiger partial charge < -0.3 is 10.5 Å². The Morgan fingerprint density at radius 2 is 2.31 bits per heavy atom. The van der Waals surface area contributed by atoms with Crippen LogP contribution in [0.2, 0.25) is 0 Å². The summed E-state index contributed by atoms with van der Waals surface area (Å²) in [6.07, 6.45) is 3.08. The maximum atomic E-state index is 10.9. The number of benzene rings is 1. The minimum Gasteiger partial charge on any atom is -0.478 e. The maximum Gasteiger partial charge on any atom is 0.335 e. The Labute approximate surface area is 92.3 Å². The molecule has 1 aliphatic carbocycles. The van der Waals surface area contributed by atoms with E-state index in [-0.39, 0.29) is 0 Å². The highest BCUT2D eigenvalue weighted by atomic mass is 16.4. The molecule has 1 aromatic rings. The molecule has 4 heteroatoms. The third-order valence-corrected chi connectivity index (χ3v) is 3.19. The number of hydrazine groups is 1. The Morgan fingerprint density at radius 3 is 3.12 bits per heavy atom. The number of carboxylic acid groups (broad SMARTS) is 1. The molecule has 1 atom stereocenters. The van der Waals surface area contributed by atoms with Crippen molar-refractivity contribution in [2.75, 3.05) is 6.54 Å². The molecule has 0 amide bonds. The van der Waals surface area contributed by atoms with Crippen LogP contribution in [0.4, 0.5) is 0 Å². The maximum absolute atomic E-state index is 10.9. The Bertz CT molecular complexity index is 577. The van der Waals surface area contributed by atoms with Gasteiger partial charge in [0.25, 0.3) is 0 Å². The zero-order valence-electron chi connectivity index (χ0n) is 8.66. The molecule has 1 unspecified atom stereocenters. The van der Waals surface area contributed by atoms with Crippen LogP contribution in [-0.4, -0.2) is 17.6 Å². The lowest BCUT2D eigenvalue weighted by Gasteiger charge is -2.12. The third kappa shape index (κ3) is 1.31. The monoisotopic (exact) mass is 216 g/mol. The predicted molar refractivity (Wildman–Crippen MR) is 59.8 cm³/mol. The summed E-state index contributed by atoms with van der Waals surface area (Å²) in [5.41, 5.74) is 7.82. The average Bonchev–Trinajstić information content (AvgIpc) is 2.76. The van der Waals surface area contributed by atoms with E-state index in [1.54, 1.807) is 12.1 Å². The van der Waals surface area contributed by atoms with Gasteiger partial charge in [-0.3, -0.25) is 0 Å². The molecular formula is C12H12N2O2. The zero-order valence-corrected chi connectivity index (χ0v) is 8.66. The molecule has 0 radical (unpaired) electrons. The van der Waals surface area contributed by atoms with Gasteiger partial charge >= 0.3 is 5.97 Å². The Hall–Kier alpha value is -1.81. The van der Waals surface area contributed by atoms with E-state index in [1.165, 1.54) is 5.70 Å². The summed E-state index contributed by atoms with van der Waals surface area (Å²) >= 11 is 0. The molecule has 1 aromatic carbocycles. The van der Waals surface area contributed by atoms with E-state index >= 15 is 0 Å². The number of carboxylic acids is 1. The number of aromatic carboxylic acids is 1. The van der Waals surface area contributed by atoms with E-state index in [0.29, 0.717) is 11.5 Å². The van der Waals surface area contributed by atoms with Crippen LogP contribution in [0.15, 0.2) is 18.2 Å². The van der Waals surface area contributed by atoms with Crippen LogP contribution in [0, 0.1) is 5.92 Å². The second kappa shape index (κ2) is 3.35. The van der Waals surface area contributed by atoms with Crippen LogP contribution in [0.5, 0.6) is 0 Å². The van der Waals surface area contributed by atoms with Gasteiger partial charge in [0.2, 0.25) is 0 Å². The summed E-state index contributed by atoms with van der Waals surface area (Å²) in [6.45, 7) is 0.936. The van der Waals surface area contributed by atoms with E-state index in [9.17, 15) is 4.79 Å². The highest BCUT2D eigenvalue weighted by Crippen LogP contribution is 2.17. The minimum absolute atomic E-state index is 0.347. The van der Waals surface area contributed by atoms with E-state index in [4.69, 9.17) is 5.11 Å². The summed E-state index contributed by atoms with van der Waals surface area (Å²) in [7, 11) is 0. The van der Waals surface area contributed by atoms with E-state index in [2.05, 4.69) is 16.9 Å². The lowest BCUT2D eigenvalue weighted by molar-refractivity contribution is 0.0697. The summed E-state index contributed by atoms with van der Waals surface area (Å²) < 4.78 is 0. The van der Waals surface area contributed by atoms with Crippen LogP contribution in [0.25, 0.3) is 11.8 Å². The number of fused-ring (bicyclic) bond motifs is 2. The first-order chi connectivity index (χ1) is 7.75. The highest BCUT2D eigenvalue weighted by molar-refractivity contribution is 5.87. The number of hydrogen-bond acceptors (Lipinski definition) is 3. The fraction of sp³-hybridized carbons (Fsp3) is 0.250. The standard InChI is InChI=1S/C12H12N2O2/c15-12(16)8-3-4-10-7(5-8)1-2-9-6-13-14-11(9)10/h1,3-5,9,13-14H,2,6H2,(H,15,16). The van der Waals surface area contributed by atoms with Crippen LogP contribution < -0.4 is 21.3 Å². The molecule has 0 bridgehead atoms. The lowest BCUT2D eigenvalue weighted by Crippen LogP contribution is -2.36. The molecular weight excluding hydrogens is 204 g/mol. The quantitative estimate of drug-likeness (QED) is 0.587. The topological polar surface area (TPSA) is 61.4 Å². The van der Waals surface area contributed by atoms with Gasteiger partial charge in [0.05, 0.1) is 5.56 Å². The minimum atomic E-state index is -0.874. The Balaban J connectivity index is 2.26. The third-order valence-electron chi connectivity index (χ3n) is 3.19. The van der Waals surface area contributed by atoms with Crippen molar-refractivity contribution in [3.05, 3.63) is 34.2 Å². The molecule has 0 aromatic heterocycles. The average molecular weight is 216 g/mol. The summed E-state index contributed by atoms with van der Waals surface area (Å²) in [4.78, 5) is 10.9. The molecule has 2 aliphatic rings. The fourth-order valence-corrected chi connectivity index (χ4v) is 2.34. The second-order valence-corrected chi connectivity index (χ2v) is 4.16. The van der Waals surface area contributed by atoms with Crippen molar-refractivity contribution in [3.8, 4) is 0 Å². The molecule has 16 heavy (non-hydrogen) atoms. The molecule has 1 aliphatic heterocycles. The van der Waals surface area contributed by atoms with E-state index in [0.717, 1.165) is 23.4 Å². The van der Waals surface area contributed by atoms with Crippen molar-refractivity contribution in [1.82, 2.24) is 10.9 Å². The fourth-order valence-electron chi connectivity index (χ4n) is 2.34. The first kappa shape index (κ1) is 9.42. The van der Waals surface area contributed by atoms with Gasteiger partial charge in [0.1, 0.15) is 0 Å². The van der Waals surface area contributed by atoms with Crippen molar-refractivity contribution < 1.29 is 9.90 Å². The molecule has 3 N–H and O–H groups in total. The zero-order chi connectivity index (χ0) is 11.1. The van der Waals surface area contributed by atoms with Crippen LogP contribution in [0.1, 0.15) is 16.8 Å². The van der Waals surface area contributed by atoms with Crippen LogP contribution >= 0.6 is 0 Å². The van der Waals surface area contributed by atoms with Crippen molar-refractivity contribution in [3.63, 3.8) is 0 Å². The Kier molecular flexibility index (Phi) is 1.97. The number of nitrogens with one attached hydrogen (secondary N) is 2.